The van der Waals surface area contributed by atoms with Crippen molar-refractivity contribution in [2.24, 2.45) is 5.73 Å². The van der Waals surface area contributed by atoms with E-state index in [1.807, 2.05) is 0 Å². The first kappa shape index (κ1) is 13.3. The summed E-state index contributed by atoms with van der Waals surface area (Å²) in [4.78, 5) is -0.0428. The lowest BCUT2D eigenvalue weighted by Gasteiger charge is -2.11. The summed E-state index contributed by atoms with van der Waals surface area (Å²) in [6.45, 7) is 0.235. The zero-order valence-corrected chi connectivity index (χ0v) is 10.8. The van der Waals surface area contributed by atoms with Crippen LogP contribution in [0.3, 0.4) is 0 Å². The van der Waals surface area contributed by atoms with Crippen LogP contribution in [0.5, 0.6) is 11.5 Å². The molecule has 0 aliphatic rings. The molecule has 5 heteroatoms. The zero-order valence-electron chi connectivity index (χ0n) is 9.97. The Morgan fingerprint density at radius 2 is 1.89 bits per heavy atom. The van der Waals surface area contributed by atoms with Gasteiger partial charge in [0.1, 0.15) is 28.9 Å². The van der Waals surface area contributed by atoms with Crippen LogP contribution >= 0.6 is 12.2 Å². The van der Waals surface area contributed by atoms with Gasteiger partial charge in [-0.25, -0.2) is 4.39 Å². The number of phenolic OH excluding ortho intramolecular Hbond substituents is 1. The molecule has 2 rings (SSSR count). The fourth-order valence-electron chi connectivity index (χ4n) is 1.62. The van der Waals surface area contributed by atoms with Gasteiger partial charge in [0.05, 0.1) is 5.56 Å². The van der Waals surface area contributed by atoms with Gasteiger partial charge in [0.15, 0.2) is 0 Å². The number of thiocarbonyl (C=S) groups is 1. The van der Waals surface area contributed by atoms with Gasteiger partial charge in [-0.15, -0.1) is 0 Å². The smallest absolute Gasteiger partial charge is 0.137 e. The Morgan fingerprint density at radius 3 is 2.53 bits per heavy atom. The van der Waals surface area contributed by atoms with Gasteiger partial charge in [0.25, 0.3) is 0 Å². The molecule has 0 unspecified atom stereocenters. The van der Waals surface area contributed by atoms with Crippen molar-refractivity contribution >= 4 is 17.2 Å². The number of benzene rings is 2. The standard InChI is InChI=1S/C14H12FNO2S/c15-11-2-1-3-12(13(11)14(16)19)18-8-9-4-6-10(17)7-5-9/h1-7,17H,8H2,(H2,16,19). The van der Waals surface area contributed by atoms with Gasteiger partial charge < -0.3 is 15.6 Å². The molecule has 2 aromatic rings. The van der Waals surface area contributed by atoms with Crippen LogP contribution in [0.25, 0.3) is 0 Å². The third-order valence-electron chi connectivity index (χ3n) is 2.55. The van der Waals surface area contributed by atoms with E-state index in [-0.39, 0.29) is 22.9 Å². The second-order valence-corrected chi connectivity index (χ2v) is 4.37. The second-order valence-electron chi connectivity index (χ2n) is 3.93. The Balaban J connectivity index is 2.18. The molecule has 0 amide bonds. The van der Waals surface area contributed by atoms with E-state index in [1.165, 1.54) is 12.1 Å². The molecular formula is C14H12FNO2S. The summed E-state index contributed by atoms with van der Waals surface area (Å²) in [5.41, 5.74) is 6.43. The van der Waals surface area contributed by atoms with Crippen molar-refractivity contribution in [2.75, 3.05) is 0 Å². The van der Waals surface area contributed by atoms with Crippen molar-refractivity contribution in [2.45, 2.75) is 6.61 Å². The molecule has 0 bridgehead atoms. The number of nitrogens with two attached hydrogens (primary N) is 1. The van der Waals surface area contributed by atoms with E-state index in [4.69, 9.17) is 22.7 Å². The first-order valence-corrected chi connectivity index (χ1v) is 5.98. The number of phenols is 1. The van der Waals surface area contributed by atoms with Crippen LogP contribution in [-0.2, 0) is 6.61 Å². The van der Waals surface area contributed by atoms with Crippen LogP contribution in [-0.4, -0.2) is 10.1 Å². The maximum absolute atomic E-state index is 13.6. The second kappa shape index (κ2) is 5.67. The molecule has 0 aliphatic carbocycles. The Bertz CT molecular complexity index is 599. The monoisotopic (exact) mass is 277 g/mol. The van der Waals surface area contributed by atoms with E-state index < -0.39 is 5.82 Å². The molecule has 0 fully saturated rings. The highest BCUT2D eigenvalue weighted by Crippen LogP contribution is 2.22. The molecule has 98 valence electrons. The van der Waals surface area contributed by atoms with Gasteiger partial charge in [-0.1, -0.05) is 30.4 Å². The largest absolute Gasteiger partial charge is 0.508 e. The molecular weight excluding hydrogens is 265 g/mol. The summed E-state index contributed by atoms with van der Waals surface area (Å²) >= 11 is 4.81. The van der Waals surface area contributed by atoms with Crippen LogP contribution in [0.2, 0.25) is 0 Å². The van der Waals surface area contributed by atoms with Crippen molar-refractivity contribution < 1.29 is 14.2 Å². The van der Waals surface area contributed by atoms with Crippen LogP contribution in [0.4, 0.5) is 4.39 Å². The van der Waals surface area contributed by atoms with Crippen molar-refractivity contribution in [1.29, 1.82) is 0 Å². The summed E-state index contributed by atoms with van der Waals surface area (Å²) in [6.07, 6.45) is 0. The molecule has 2 aromatic carbocycles. The number of ether oxygens (including phenoxy) is 1. The summed E-state index contributed by atoms with van der Waals surface area (Å²) in [5.74, 6) is -0.0189. The van der Waals surface area contributed by atoms with E-state index in [0.717, 1.165) is 5.56 Å². The van der Waals surface area contributed by atoms with Gasteiger partial charge in [0.2, 0.25) is 0 Å². The molecule has 0 radical (unpaired) electrons. The van der Waals surface area contributed by atoms with Crippen LogP contribution in [0.15, 0.2) is 42.5 Å². The third-order valence-corrected chi connectivity index (χ3v) is 2.76. The Labute approximate surface area is 115 Å². The minimum absolute atomic E-state index is 0.0428. The van der Waals surface area contributed by atoms with E-state index in [0.29, 0.717) is 5.75 Å². The summed E-state index contributed by atoms with van der Waals surface area (Å²) < 4.78 is 19.1. The number of aromatic hydroxyl groups is 1. The van der Waals surface area contributed by atoms with Gasteiger partial charge in [-0.05, 0) is 29.8 Å². The summed E-state index contributed by atoms with van der Waals surface area (Å²) in [7, 11) is 0. The Kier molecular flexibility index (Phi) is 3.97. The topological polar surface area (TPSA) is 55.5 Å². The predicted molar refractivity (Wildman–Crippen MR) is 74.7 cm³/mol. The Hall–Kier alpha value is -2.14. The number of rotatable bonds is 4. The molecule has 0 spiro atoms. The van der Waals surface area contributed by atoms with E-state index in [2.05, 4.69) is 0 Å². The van der Waals surface area contributed by atoms with Gasteiger partial charge in [-0.3, -0.25) is 0 Å². The molecule has 0 heterocycles. The summed E-state index contributed by atoms with van der Waals surface area (Å²) in [5, 5.41) is 9.17. The minimum atomic E-state index is -0.504. The lowest BCUT2D eigenvalue weighted by atomic mass is 10.2. The van der Waals surface area contributed by atoms with Gasteiger partial charge in [-0.2, -0.15) is 0 Å². The number of hydrogen-bond acceptors (Lipinski definition) is 3. The highest BCUT2D eigenvalue weighted by Gasteiger charge is 2.12. The highest BCUT2D eigenvalue weighted by molar-refractivity contribution is 7.80. The quantitative estimate of drug-likeness (QED) is 0.844. The van der Waals surface area contributed by atoms with Crippen molar-refractivity contribution in [3.8, 4) is 11.5 Å². The third kappa shape index (κ3) is 3.20. The van der Waals surface area contributed by atoms with Gasteiger partial charge in [0, 0.05) is 0 Å². The lowest BCUT2D eigenvalue weighted by molar-refractivity contribution is 0.304. The molecule has 0 aliphatic heterocycles. The average Bonchev–Trinajstić information content (AvgIpc) is 2.37. The average molecular weight is 277 g/mol. The van der Waals surface area contributed by atoms with Crippen molar-refractivity contribution in [3.63, 3.8) is 0 Å². The minimum Gasteiger partial charge on any atom is -0.508 e. The fourth-order valence-corrected chi connectivity index (χ4v) is 1.82. The van der Waals surface area contributed by atoms with Gasteiger partial charge >= 0.3 is 0 Å². The van der Waals surface area contributed by atoms with E-state index >= 15 is 0 Å². The number of hydrogen-bond donors (Lipinski definition) is 2. The van der Waals surface area contributed by atoms with E-state index in [9.17, 15) is 9.50 Å². The number of halogens is 1. The van der Waals surface area contributed by atoms with Crippen molar-refractivity contribution in [1.82, 2.24) is 0 Å². The molecule has 0 saturated carbocycles. The first-order valence-electron chi connectivity index (χ1n) is 5.57. The first-order chi connectivity index (χ1) is 9.08. The van der Waals surface area contributed by atoms with Crippen molar-refractivity contribution in [3.05, 3.63) is 59.4 Å². The molecule has 3 nitrogen and oxygen atoms in total. The fraction of sp³-hybridized carbons (Fsp3) is 0.0714. The highest BCUT2D eigenvalue weighted by atomic mass is 32.1. The molecule has 0 atom stereocenters. The lowest BCUT2D eigenvalue weighted by Crippen LogP contribution is -2.14. The molecule has 19 heavy (non-hydrogen) atoms. The predicted octanol–water partition coefficient (Wildman–Crippen LogP) is 2.74. The van der Waals surface area contributed by atoms with Crippen LogP contribution in [0, 0.1) is 5.82 Å². The zero-order chi connectivity index (χ0) is 13.8. The normalized spacial score (nSPS) is 10.2. The Morgan fingerprint density at radius 1 is 1.21 bits per heavy atom. The maximum atomic E-state index is 13.6. The molecule has 0 saturated heterocycles. The van der Waals surface area contributed by atoms with Crippen LogP contribution in [0.1, 0.15) is 11.1 Å². The molecule has 3 N–H and O–H groups in total. The van der Waals surface area contributed by atoms with Crippen LogP contribution < -0.4 is 10.5 Å². The van der Waals surface area contributed by atoms with E-state index in [1.54, 1.807) is 30.3 Å². The summed E-state index contributed by atoms with van der Waals surface area (Å²) in [6, 6.07) is 11.0. The SMILES string of the molecule is NC(=S)c1c(F)cccc1OCc1ccc(O)cc1. The molecule has 0 aromatic heterocycles. The maximum Gasteiger partial charge on any atom is 0.137 e.